The lowest BCUT2D eigenvalue weighted by Gasteiger charge is -2.41. The van der Waals surface area contributed by atoms with Crippen LogP contribution in [0.4, 0.5) is 11.5 Å². The van der Waals surface area contributed by atoms with Gasteiger partial charge in [-0.15, -0.1) is 0 Å². The highest BCUT2D eigenvalue weighted by atomic mass is 35.5. The molecule has 2 aliphatic rings. The quantitative estimate of drug-likeness (QED) is 0.343. The van der Waals surface area contributed by atoms with Gasteiger partial charge in [-0.3, -0.25) is 5.41 Å². The normalized spacial score (nSPS) is 18.5. The molecule has 2 fully saturated rings. The van der Waals surface area contributed by atoms with Gasteiger partial charge in [-0.1, -0.05) is 23.2 Å². The van der Waals surface area contributed by atoms with Gasteiger partial charge in [-0.2, -0.15) is 0 Å². The number of anilines is 2. The van der Waals surface area contributed by atoms with E-state index >= 15 is 0 Å². The van der Waals surface area contributed by atoms with E-state index in [0.717, 1.165) is 37.3 Å². The molecule has 1 atom stereocenters. The van der Waals surface area contributed by atoms with Crippen LogP contribution in [0.25, 0.3) is 10.9 Å². The Morgan fingerprint density at radius 1 is 1.05 bits per heavy atom. The van der Waals surface area contributed by atoms with Crippen molar-refractivity contribution in [1.29, 1.82) is 5.41 Å². The second-order valence-electron chi connectivity index (χ2n) is 9.36. The number of likely N-dealkylation sites (N-methyl/N-ethyl adjacent to an activating group) is 1. The summed E-state index contributed by atoms with van der Waals surface area (Å²) in [5.41, 5.74) is 1.45. The van der Waals surface area contributed by atoms with Crippen molar-refractivity contribution in [2.75, 3.05) is 72.0 Å². The number of ether oxygens (including phenoxy) is 3. The van der Waals surface area contributed by atoms with Crippen molar-refractivity contribution in [2.45, 2.75) is 6.10 Å². The molecule has 2 aliphatic heterocycles. The van der Waals surface area contributed by atoms with Crippen molar-refractivity contribution < 1.29 is 14.2 Å². The van der Waals surface area contributed by atoms with Crippen LogP contribution in [0.15, 0.2) is 36.7 Å². The van der Waals surface area contributed by atoms with Gasteiger partial charge in [0.1, 0.15) is 24.9 Å². The molecule has 38 heavy (non-hydrogen) atoms. The third-order valence-corrected chi connectivity index (χ3v) is 7.51. The Morgan fingerprint density at radius 2 is 1.87 bits per heavy atom. The summed E-state index contributed by atoms with van der Waals surface area (Å²) in [5, 5.41) is 13.7. The van der Waals surface area contributed by atoms with E-state index in [1.807, 2.05) is 18.2 Å². The maximum absolute atomic E-state index is 8.69. The molecule has 0 saturated carbocycles. The molecule has 2 N–H and O–H groups in total. The molecular weight excluding hydrogens is 529 g/mol. The lowest BCUT2D eigenvalue weighted by molar-refractivity contribution is -0.0327. The van der Waals surface area contributed by atoms with Crippen LogP contribution in [-0.2, 0) is 4.74 Å². The number of halogens is 2. The molecule has 12 heteroatoms. The van der Waals surface area contributed by atoms with Gasteiger partial charge in [0.05, 0.1) is 35.8 Å². The first-order valence-corrected chi connectivity index (χ1v) is 13.2. The lowest BCUT2D eigenvalue weighted by Crippen LogP contribution is -2.56. The minimum absolute atomic E-state index is 0.172. The molecule has 202 valence electrons. The molecule has 0 amide bonds. The zero-order valence-electron chi connectivity index (χ0n) is 21.4. The predicted molar refractivity (Wildman–Crippen MR) is 149 cm³/mol. The van der Waals surface area contributed by atoms with Gasteiger partial charge in [0.2, 0.25) is 0 Å². The van der Waals surface area contributed by atoms with Gasteiger partial charge in [0, 0.05) is 49.9 Å². The molecular formula is C26H31Cl2N7O3. The number of hydrogen-bond acceptors (Lipinski definition) is 8. The molecule has 2 aromatic carbocycles. The summed E-state index contributed by atoms with van der Waals surface area (Å²) in [6, 6.07) is 8.98. The fraction of sp³-hybridized carbons (Fsp3) is 0.423. The highest BCUT2D eigenvalue weighted by Crippen LogP contribution is 2.35. The Hall–Kier alpha value is -3.05. The summed E-state index contributed by atoms with van der Waals surface area (Å²) in [6.07, 6.45) is 1.32. The maximum Gasteiger partial charge on any atom is 0.193 e. The minimum Gasteiger partial charge on any atom is -0.493 e. The maximum atomic E-state index is 8.69. The number of fused-ring (bicyclic) bond motifs is 1. The number of nitrogens with one attached hydrogen (secondary N) is 2. The summed E-state index contributed by atoms with van der Waals surface area (Å²) in [6.45, 7) is 5.85. The highest BCUT2D eigenvalue weighted by molar-refractivity contribution is 6.42. The molecule has 10 nitrogen and oxygen atoms in total. The first-order valence-electron chi connectivity index (χ1n) is 12.5. The van der Waals surface area contributed by atoms with Gasteiger partial charge in [-0.05, 0) is 31.3 Å². The Labute approximate surface area is 231 Å². The number of benzene rings is 2. The first-order chi connectivity index (χ1) is 18.4. The second-order valence-corrected chi connectivity index (χ2v) is 10.2. The van der Waals surface area contributed by atoms with E-state index < -0.39 is 0 Å². The van der Waals surface area contributed by atoms with Crippen molar-refractivity contribution in [3.8, 4) is 11.5 Å². The van der Waals surface area contributed by atoms with Gasteiger partial charge in [0.15, 0.2) is 17.5 Å². The van der Waals surface area contributed by atoms with Gasteiger partial charge < -0.3 is 34.2 Å². The summed E-state index contributed by atoms with van der Waals surface area (Å²) in [5.74, 6) is 2.29. The SMILES string of the molecule is COc1cc2c(Nc3ccc(Cl)c(Cl)c3)ncnc2cc1OCC1CN(C(=N)N2CCN(C)CC2)CCO1. The standard InChI is InChI=1S/C26H31Cl2N7O3/c1-33-5-7-34(8-6-33)26(29)35-9-10-37-18(14-35)15-38-24-13-22-19(12-23(24)36-2)25(31-16-30-22)32-17-3-4-20(27)21(28)11-17/h3-4,11-13,16,18,29H,5-10,14-15H2,1-2H3,(H,30,31,32). The summed E-state index contributed by atoms with van der Waals surface area (Å²) in [7, 11) is 3.71. The average molecular weight is 560 g/mol. The van der Waals surface area contributed by atoms with Crippen LogP contribution >= 0.6 is 23.2 Å². The third kappa shape index (κ3) is 5.99. The molecule has 1 unspecified atom stereocenters. The van der Waals surface area contributed by atoms with Crippen LogP contribution in [0.5, 0.6) is 11.5 Å². The zero-order valence-corrected chi connectivity index (χ0v) is 22.9. The highest BCUT2D eigenvalue weighted by Gasteiger charge is 2.27. The summed E-state index contributed by atoms with van der Waals surface area (Å²) >= 11 is 12.2. The Bertz CT molecular complexity index is 1300. The van der Waals surface area contributed by atoms with E-state index in [1.54, 1.807) is 19.2 Å². The Kier molecular flexibility index (Phi) is 8.23. The largest absolute Gasteiger partial charge is 0.493 e. The topological polar surface area (TPSA) is 99.1 Å². The van der Waals surface area contributed by atoms with E-state index in [2.05, 4.69) is 37.0 Å². The monoisotopic (exact) mass is 559 g/mol. The van der Waals surface area contributed by atoms with Crippen LogP contribution in [0, 0.1) is 5.41 Å². The Morgan fingerprint density at radius 3 is 2.63 bits per heavy atom. The van der Waals surface area contributed by atoms with Crippen LogP contribution in [0.1, 0.15) is 0 Å². The minimum atomic E-state index is -0.172. The molecule has 3 heterocycles. The average Bonchev–Trinajstić information content (AvgIpc) is 2.94. The number of hydrogen-bond donors (Lipinski definition) is 2. The number of guanidine groups is 1. The molecule has 0 aliphatic carbocycles. The van der Waals surface area contributed by atoms with E-state index in [9.17, 15) is 0 Å². The molecule has 2 saturated heterocycles. The summed E-state index contributed by atoms with van der Waals surface area (Å²) < 4.78 is 17.8. The lowest BCUT2D eigenvalue weighted by atomic mass is 10.2. The number of rotatable bonds is 6. The number of methoxy groups -OCH3 is 1. The van der Waals surface area contributed by atoms with Crippen LogP contribution in [0.3, 0.4) is 0 Å². The fourth-order valence-corrected chi connectivity index (χ4v) is 4.86. The van der Waals surface area contributed by atoms with Crippen molar-refractivity contribution in [3.63, 3.8) is 0 Å². The van der Waals surface area contributed by atoms with Crippen LogP contribution < -0.4 is 14.8 Å². The molecule has 0 bridgehead atoms. The zero-order chi connectivity index (χ0) is 26.6. The third-order valence-electron chi connectivity index (χ3n) is 6.77. The smallest absolute Gasteiger partial charge is 0.193 e. The van der Waals surface area contributed by atoms with E-state index in [1.165, 1.54) is 6.33 Å². The molecule has 1 aromatic heterocycles. The number of aromatic nitrogens is 2. The van der Waals surface area contributed by atoms with Gasteiger partial charge in [0.25, 0.3) is 0 Å². The van der Waals surface area contributed by atoms with Crippen molar-refractivity contribution in [3.05, 3.63) is 46.7 Å². The van der Waals surface area contributed by atoms with E-state index in [4.69, 9.17) is 42.8 Å². The van der Waals surface area contributed by atoms with Crippen LogP contribution in [-0.4, -0.2) is 103 Å². The van der Waals surface area contributed by atoms with Crippen molar-refractivity contribution >= 4 is 51.6 Å². The molecule has 5 rings (SSSR count). The van der Waals surface area contributed by atoms with Crippen molar-refractivity contribution in [1.82, 2.24) is 24.7 Å². The summed E-state index contributed by atoms with van der Waals surface area (Å²) in [4.78, 5) is 15.3. The first kappa shape index (κ1) is 26.6. The molecule has 3 aromatic rings. The number of morpholine rings is 1. The Balaban J connectivity index is 1.27. The van der Waals surface area contributed by atoms with E-state index in [0.29, 0.717) is 65.1 Å². The number of nitrogens with zero attached hydrogens (tertiary/aromatic N) is 5. The van der Waals surface area contributed by atoms with Crippen molar-refractivity contribution in [2.24, 2.45) is 0 Å². The fourth-order valence-electron chi connectivity index (χ4n) is 4.56. The van der Waals surface area contributed by atoms with Gasteiger partial charge >= 0.3 is 0 Å². The molecule has 0 spiro atoms. The van der Waals surface area contributed by atoms with Gasteiger partial charge in [-0.25, -0.2) is 9.97 Å². The predicted octanol–water partition coefficient (Wildman–Crippen LogP) is 3.95. The molecule has 0 radical (unpaired) electrons. The van der Waals surface area contributed by atoms with Crippen LogP contribution in [0.2, 0.25) is 10.0 Å². The van der Waals surface area contributed by atoms with E-state index in [-0.39, 0.29) is 6.10 Å². The number of piperazine rings is 1. The second kappa shape index (κ2) is 11.8.